The number of benzene rings is 2. The van der Waals surface area contributed by atoms with Gasteiger partial charge in [0.1, 0.15) is 11.6 Å². The number of para-hydroxylation sites is 1. The van der Waals surface area contributed by atoms with Crippen molar-refractivity contribution >= 4 is 29.0 Å². The van der Waals surface area contributed by atoms with Gasteiger partial charge in [-0.1, -0.05) is 30.0 Å². The lowest BCUT2D eigenvalue weighted by Crippen LogP contribution is -2.15. The lowest BCUT2D eigenvalue weighted by molar-refractivity contribution is -0.384. The maximum Gasteiger partial charge on any atom is 0.271 e. The Hall–Kier alpha value is -3.40. The van der Waals surface area contributed by atoms with E-state index in [-0.39, 0.29) is 23.0 Å². The van der Waals surface area contributed by atoms with Crippen LogP contribution < -0.4 is 10.1 Å². The lowest BCUT2D eigenvalue weighted by atomic mass is 10.2. The lowest BCUT2D eigenvalue weighted by Gasteiger charge is -2.09. The van der Waals surface area contributed by atoms with E-state index in [1.165, 1.54) is 37.1 Å². The molecular weight excluding hydrogens is 406 g/mol. The zero-order valence-electron chi connectivity index (χ0n) is 16.1. The number of thioether (sulfide) groups is 1. The summed E-state index contributed by atoms with van der Waals surface area (Å²) in [6.45, 7) is 0. The van der Waals surface area contributed by atoms with Crippen LogP contribution in [0.1, 0.15) is 24.6 Å². The zero-order valence-corrected chi connectivity index (χ0v) is 17.0. The van der Waals surface area contributed by atoms with E-state index in [0.29, 0.717) is 16.8 Å². The molecule has 1 aliphatic carbocycles. The molecule has 4 rings (SSSR count). The van der Waals surface area contributed by atoms with E-state index in [2.05, 4.69) is 15.4 Å². The second-order valence-corrected chi connectivity index (χ2v) is 7.70. The molecule has 154 valence electrons. The van der Waals surface area contributed by atoms with Crippen LogP contribution in [0.25, 0.3) is 5.69 Å². The van der Waals surface area contributed by atoms with Crippen molar-refractivity contribution in [1.29, 1.82) is 0 Å². The molecule has 0 unspecified atom stereocenters. The predicted molar refractivity (Wildman–Crippen MR) is 112 cm³/mol. The number of aromatic nitrogens is 3. The van der Waals surface area contributed by atoms with Crippen LogP contribution in [0, 0.1) is 10.1 Å². The number of non-ortho nitro benzene ring substituents is 1. The molecular formula is C20H19N5O4S. The third kappa shape index (κ3) is 4.43. The van der Waals surface area contributed by atoms with Gasteiger partial charge in [-0.2, -0.15) is 0 Å². The van der Waals surface area contributed by atoms with Gasteiger partial charge in [-0.3, -0.25) is 14.9 Å². The summed E-state index contributed by atoms with van der Waals surface area (Å²) in [6.07, 6.45) is 2.17. The summed E-state index contributed by atoms with van der Waals surface area (Å²) >= 11 is 1.22. The van der Waals surface area contributed by atoms with Crippen molar-refractivity contribution in [3.05, 3.63) is 64.5 Å². The summed E-state index contributed by atoms with van der Waals surface area (Å²) in [5.41, 5.74) is 1.05. The van der Waals surface area contributed by atoms with Gasteiger partial charge >= 0.3 is 0 Å². The molecule has 0 aliphatic heterocycles. The second-order valence-electron chi connectivity index (χ2n) is 6.75. The Morgan fingerprint density at radius 1 is 1.30 bits per heavy atom. The Bertz CT molecular complexity index is 1080. The molecule has 1 aromatic heterocycles. The minimum absolute atomic E-state index is 0.0642. The molecule has 2 aromatic carbocycles. The van der Waals surface area contributed by atoms with E-state index in [1.807, 2.05) is 35.0 Å². The van der Waals surface area contributed by atoms with Crippen LogP contribution >= 0.6 is 11.8 Å². The average molecular weight is 425 g/mol. The first-order valence-corrected chi connectivity index (χ1v) is 10.3. The van der Waals surface area contributed by atoms with Crippen LogP contribution in [0.15, 0.2) is 53.7 Å². The fourth-order valence-electron chi connectivity index (χ4n) is 2.95. The van der Waals surface area contributed by atoms with Crippen molar-refractivity contribution in [3.8, 4) is 11.4 Å². The molecule has 0 atom stereocenters. The number of rotatable bonds is 8. The number of ether oxygens (including phenoxy) is 1. The van der Waals surface area contributed by atoms with Crippen LogP contribution in [0.3, 0.4) is 0 Å². The number of nitrogens with zero attached hydrogens (tertiary/aromatic N) is 4. The van der Waals surface area contributed by atoms with E-state index in [0.717, 1.165) is 24.4 Å². The van der Waals surface area contributed by atoms with Crippen LogP contribution in [0.2, 0.25) is 0 Å². The summed E-state index contributed by atoms with van der Waals surface area (Å²) in [6, 6.07) is 13.8. The Balaban J connectivity index is 1.46. The number of nitro groups is 1. The van der Waals surface area contributed by atoms with Gasteiger partial charge < -0.3 is 10.1 Å². The molecule has 1 aliphatic rings. The number of hydrogen-bond donors (Lipinski definition) is 1. The quantitative estimate of drug-likeness (QED) is 0.332. The smallest absolute Gasteiger partial charge is 0.271 e. The second kappa shape index (κ2) is 8.54. The van der Waals surface area contributed by atoms with E-state index in [9.17, 15) is 14.9 Å². The predicted octanol–water partition coefficient (Wildman–Crippen LogP) is 3.79. The molecule has 0 bridgehead atoms. The first-order valence-electron chi connectivity index (χ1n) is 9.32. The molecule has 3 aromatic rings. The van der Waals surface area contributed by atoms with Crippen LogP contribution in [0.4, 0.5) is 11.4 Å². The highest BCUT2D eigenvalue weighted by Gasteiger charge is 2.30. The molecule has 1 fully saturated rings. The summed E-state index contributed by atoms with van der Waals surface area (Å²) < 4.78 is 7.01. The summed E-state index contributed by atoms with van der Waals surface area (Å²) in [4.78, 5) is 27.5. The van der Waals surface area contributed by atoms with Gasteiger partial charge in [-0.05, 0) is 31.0 Å². The Kier molecular flexibility index (Phi) is 5.66. The first-order chi connectivity index (χ1) is 14.5. The Labute approximate surface area is 176 Å². The van der Waals surface area contributed by atoms with E-state index in [4.69, 9.17) is 4.74 Å². The number of anilines is 1. The van der Waals surface area contributed by atoms with Crippen LogP contribution in [0.5, 0.6) is 5.75 Å². The molecule has 1 heterocycles. The first kappa shape index (κ1) is 19.9. The van der Waals surface area contributed by atoms with Gasteiger partial charge in [0.25, 0.3) is 5.69 Å². The Morgan fingerprint density at radius 3 is 2.73 bits per heavy atom. The number of amides is 1. The van der Waals surface area contributed by atoms with Gasteiger partial charge in [0, 0.05) is 18.1 Å². The fourth-order valence-corrected chi connectivity index (χ4v) is 3.58. The number of carbonyl (C=O) groups excluding carboxylic acids is 1. The number of nitro benzene ring substituents is 1. The molecule has 10 heteroatoms. The maximum atomic E-state index is 12.4. The highest BCUT2D eigenvalue weighted by Crippen LogP contribution is 2.40. The van der Waals surface area contributed by atoms with Gasteiger partial charge in [-0.25, -0.2) is 9.67 Å². The fraction of sp³-hybridized carbons (Fsp3) is 0.250. The SMILES string of the molecule is COc1ccc([N+](=O)[O-])cc1NC(=O)CSc1nc(C2CC2)n(-c2ccccc2)n1. The summed E-state index contributed by atoms with van der Waals surface area (Å²) in [5, 5.41) is 18.7. The maximum absolute atomic E-state index is 12.4. The third-order valence-electron chi connectivity index (χ3n) is 4.56. The number of nitrogens with one attached hydrogen (secondary N) is 1. The van der Waals surface area contributed by atoms with Crippen molar-refractivity contribution in [3.63, 3.8) is 0 Å². The average Bonchev–Trinajstić information content (AvgIpc) is 3.52. The number of methoxy groups -OCH3 is 1. The molecule has 1 N–H and O–H groups in total. The van der Waals surface area contributed by atoms with E-state index >= 15 is 0 Å². The van der Waals surface area contributed by atoms with Gasteiger partial charge in [0.05, 0.1) is 29.2 Å². The monoisotopic (exact) mass is 425 g/mol. The normalized spacial score (nSPS) is 13.1. The molecule has 1 saturated carbocycles. The molecule has 0 spiro atoms. The molecule has 0 saturated heterocycles. The number of carbonyl (C=O) groups is 1. The van der Waals surface area contributed by atoms with Crippen molar-refractivity contribution in [2.24, 2.45) is 0 Å². The van der Waals surface area contributed by atoms with Crippen LogP contribution in [-0.4, -0.2) is 38.5 Å². The van der Waals surface area contributed by atoms with Crippen molar-refractivity contribution in [1.82, 2.24) is 14.8 Å². The van der Waals surface area contributed by atoms with E-state index in [1.54, 1.807) is 0 Å². The largest absolute Gasteiger partial charge is 0.495 e. The summed E-state index contributed by atoms with van der Waals surface area (Å²) in [5.74, 6) is 1.39. The van der Waals surface area contributed by atoms with Crippen molar-refractivity contribution in [2.75, 3.05) is 18.2 Å². The molecule has 1 amide bonds. The minimum Gasteiger partial charge on any atom is -0.495 e. The van der Waals surface area contributed by atoms with Crippen molar-refractivity contribution < 1.29 is 14.5 Å². The molecule has 0 radical (unpaired) electrons. The Morgan fingerprint density at radius 2 is 2.07 bits per heavy atom. The number of hydrogen-bond acceptors (Lipinski definition) is 7. The van der Waals surface area contributed by atoms with E-state index < -0.39 is 4.92 Å². The van der Waals surface area contributed by atoms with Gasteiger partial charge in [0.2, 0.25) is 11.1 Å². The van der Waals surface area contributed by atoms with Crippen molar-refractivity contribution in [2.45, 2.75) is 23.9 Å². The summed E-state index contributed by atoms with van der Waals surface area (Å²) in [7, 11) is 1.44. The topological polar surface area (TPSA) is 112 Å². The zero-order chi connectivity index (χ0) is 21.1. The molecule has 9 nitrogen and oxygen atoms in total. The molecule has 30 heavy (non-hydrogen) atoms. The third-order valence-corrected chi connectivity index (χ3v) is 5.39. The van der Waals surface area contributed by atoms with Crippen LogP contribution in [-0.2, 0) is 4.79 Å². The van der Waals surface area contributed by atoms with Gasteiger partial charge in [0.15, 0.2) is 0 Å². The minimum atomic E-state index is -0.524. The highest BCUT2D eigenvalue weighted by molar-refractivity contribution is 7.99. The highest BCUT2D eigenvalue weighted by atomic mass is 32.2. The standard InChI is InChI=1S/C20H19N5O4S/c1-29-17-10-9-15(25(27)28)11-16(17)21-18(26)12-30-20-22-19(13-7-8-13)24(23-20)14-5-3-2-4-6-14/h2-6,9-11,13H,7-8,12H2,1H3,(H,21,26). The van der Waals surface area contributed by atoms with Gasteiger partial charge in [-0.15, -0.1) is 5.10 Å².